The summed E-state index contributed by atoms with van der Waals surface area (Å²) < 4.78 is 17.7. The monoisotopic (exact) mass is 413 g/mol. The fourth-order valence-electron chi connectivity index (χ4n) is 3.21. The van der Waals surface area contributed by atoms with E-state index in [1.807, 2.05) is 12.1 Å². The zero-order valence-electron chi connectivity index (χ0n) is 17.8. The van der Waals surface area contributed by atoms with Gasteiger partial charge < -0.3 is 24.3 Å². The van der Waals surface area contributed by atoms with Crippen LogP contribution in [0.25, 0.3) is 21.9 Å². The Balaban J connectivity index is 1.86. The average Bonchev–Trinajstić information content (AvgIpc) is 2.75. The first kappa shape index (κ1) is 22.1. The molecule has 0 saturated carbocycles. The van der Waals surface area contributed by atoms with Crippen LogP contribution in [0.15, 0.2) is 45.6 Å². The molecule has 1 heterocycles. The van der Waals surface area contributed by atoms with Gasteiger partial charge in [0.2, 0.25) is 5.43 Å². The second-order valence-corrected chi connectivity index (χ2v) is 7.45. The molecule has 0 saturated heterocycles. The third-order valence-electron chi connectivity index (χ3n) is 4.90. The second-order valence-electron chi connectivity index (χ2n) is 7.45. The molecule has 2 N–H and O–H groups in total. The van der Waals surface area contributed by atoms with Crippen LogP contribution in [-0.4, -0.2) is 37.5 Å². The van der Waals surface area contributed by atoms with Crippen molar-refractivity contribution in [3.8, 4) is 11.5 Å². The first-order valence-electron chi connectivity index (χ1n) is 10.8. The maximum absolute atomic E-state index is 13.1. The molecule has 0 bridgehead atoms. The Morgan fingerprint density at radius 1 is 1.07 bits per heavy atom. The van der Waals surface area contributed by atoms with Crippen LogP contribution >= 0.6 is 0 Å². The Labute approximate surface area is 176 Å². The summed E-state index contributed by atoms with van der Waals surface area (Å²) in [4.78, 5) is 13.1. The van der Waals surface area contributed by atoms with Gasteiger partial charge in [0, 0.05) is 18.7 Å². The summed E-state index contributed by atoms with van der Waals surface area (Å²) in [5.74, 6) is 0.950. The van der Waals surface area contributed by atoms with Crippen LogP contribution in [0, 0.1) is 0 Å². The van der Waals surface area contributed by atoms with E-state index in [2.05, 4.69) is 19.2 Å². The fourth-order valence-corrected chi connectivity index (χ4v) is 3.21. The van der Waals surface area contributed by atoms with Crippen molar-refractivity contribution in [2.24, 2.45) is 0 Å². The Morgan fingerprint density at radius 2 is 1.87 bits per heavy atom. The van der Waals surface area contributed by atoms with Crippen molar-refractivity contribution in [2.75, 3.05) is 26.3 Å². The third-order valence-corrected chi connectivity index (χ3v) is 4.90. The fraction of sp³-hybridized carbons (Fsp3) is 0.458. The quantitative estimate of drug-likeness (QED) is 0.341. The lowest BCUT2D eigenvalue weighted by Crippen LogP contribution is -2.31. The standard InChI is InChI=1S/C24H31NO5/c1-3-5-11-25-15-17(26)16-29-18-13-21(28-12-6-4-2)23-22(14-18)30-20-10-8-7-9-19(20)24(23)27/h7-10,13-14,17,25-26H,3-6,11-12,15-16H2,1-2H3. The van der Waals surface area contributed by atoms with Crippen molar-refractivity contribution < 1.29 is 19.0 Å². The van der Waals surface area contributed by atoms with Crippen molar-refractivity contribution in [3.05, 3.63) is 46.6 Å². The Bertz CT molecular complexity index is 1010. The molecule has 1 atom stereocenters. The highest BCUT2D eigenvalue weighted by Crippen LogP contribution is 2.31. The lowest BCUT2D eigenvalue weighted by molar-refractivity contribution is 0.106. The maximum atomic E-state index is 13.1. The van der Waals surface area contributed by atoms with Crippen molar-refractivity contribution in [2.45, 2.75) is 45.6 Å². The Hall–Kier alpha value is -2.57. The summed E-state index contributed by atoms with van der Waals surface area (Å²) in [6, 6.07) is 10.6. The zero-order chi connectivity index (χ0) is 21.3. The minimum Gasteiger partial charge on any atom is -0.493 e. The third kappa shape index (κ3) is 5.52. The number of benzene rings is 2. The van der Waals surface area contributed by atoms with Gasteiger partial charge in [-0.3, -0.25) is 4.79 Å². The Kier molecular flexibility index (Phi) is 8.11. The van der Waals surface area contributed by atoms with Gasteiger partial charge in [-0.1, -0.05) is 38.8 Å². The van der Waals surface area contributed by atoms with Gasteiger partial charge in [0.25, 0.3) is 0 Å². The molecule has 2 aromatic carbocycles. The van der Waals surface area contributed by atoms with E-state index >= 15 is 0 Å². The highest BCUT2D eigenvalue weighted by molar-refractivity contribution is 5.93. The predicted molar refractivity (Wildman–Crippen MR) is 120 cm³/mol. The van der Waals surface area contributed by atoms with E-state index < -0.39 is 6.10 Å². The van der Waals surface area contributed by atoms with Gasteiger partial charge in [0.1, 0.15) is 40.8 Å². The summed E-state index contributed by atoms with van der Waals surface area (Å²) in [7, 11) is 0. The second kappa shape index (κ2) is 11.0. The molecule has 0 amide bonds. The summed E-state index contributed by atoms with van der Waals surface area (Å²) in [5.41, 5.74) is 0.815. The van der Waals surface area contributed by atoms with Crippen LogP contribution in [0.3, 0.4) is 0 Å². The van der Waals surface area contributed by atoms with E-state index in [1.165, 1.54) is 0 Å². The molecule has 0 fully saturated rings. The van der Waals surface area contributed by atoms with Gasteiger partial charge in [0.15, 0.2) is 0 Å². The van der Waals surface area contributed by atoms with E-state index in [1.54, 1.807) is 24.3 Å². The molecule has 0 aliphatic heterocycles. The molecular formula is C24H31NO5. The van der Waals surface area contributed by atoms with E-state index in [4.69, 9.17) is 13.9 Å². The number of ether oxygens (including phenoxy) is 2. The molecule has 1 aromatic heterocycles. The normalized spacial score (nSPS) is 12.4. The number of para-hydroxylation sites is 1. The number of fused-ring (bicyclic) bond motifs is 2. The number of aliphatic hydroxyl groups is 1. The number of unbranched alkanes of at least 4 members (excludes halogenated alkanes) is 2. The number of aliphatic hydroxyl groups excluding tert-OH is 1. The maximum Gasteiger partial charge on any atom is 0.204 e. The SMILES string of the molecule is CCCCNCC(O)COc1cc(OCCCC)c2c(=O)c3ccccc3oc2c1. The molecule has 6 heteroatoms. The van der Waals surface area contributed by atoms with Gasteiger partial charge in [-0.25, -0.2) is 0 Å². The molecule has 1 unspecified atom stereocenters. The highest BCUT2D eigenvalue weighted by atomic mass is 16.5. The van der Waals surface area contributed by atoms with E-state index in [9.17, 15) is 9.90 Å². The smallest absolute Gasteiger partial charge is 0.204 e. The topological polar surface area (TPSA) is 80.9 Å². The molecular weight excluding hydrogens is 382 g/mol. The molecule has 6 nitrogen and oxygen atoms in total. The van der Waals surface area contributed by atoms with E-state index in [0.717, 1.165) is 32.2 Å². The molecule has 0 spiro atoms. The van der Waals surface area contributed by atoms with Gasteiger partial charge >= 0.3 is 0 Å². The minimum absolute atomic E-state index is 0.120. The van der Waals surface area contributed by atoms with Gasteiger partial charge in [-0.15, -0.1) is 0 Å². The lowest BCUT2D eigenvalue weighted by Gasteiger charge is -2.15. The minimum atomic E-state index is -0.634. The van der Waals surface area contributed by atoms with Crippen LogP contribution in [0.5, 0.6) is 11.5 Å². The summed E-state index contributed by atoms with van der Waals surface area (Å²) in [6.45, 7) is 6.19. The van der Waals surface area contributed by atoms with Crippen LogP contribution < -0.4 is 20.2 Å². The predicted octanol–water partition coefficient (Wildman–Crippen LogP) is 4.25. The number of rotatable bonds is 12. The van der Waals surface area contributed by atoms with Crippen LogP contribution in [0.4, 0.5) is 0 Å². The molecule has 162 valence electrons. The molecule has 30 heavy (non-hydrogen) atoms. The summed E-state index contributed by atoms with van der Waals surface area (Å²) >= 11 is 0. The summed E-state index contributed by atoms with van der Waals surface area (Å²) in [5, 5.41) is 14.3. The number of hydrogen-bond acceptors (Lipinski definition) is 6. The van der Waals surface area contributed by atoms with Gasteiger partial charge in [-0.05, 0) is 31.5 Å². The average molecular weight is 414 g/mol. The van der Waals surface area contributed by atoms with Crippen LogP contribution in [-0.2, 0) is 0 Å². The Morgan fingerprint density at radius 3 is 2.67 bits per heavy atom. The number of hydrogen-bond donors (Lipinski definition) is 2. The van der Waals surface area contributed by atoms with Gasteiger partial charge in [0.05, 0.1) is 12.0 Å². The number of nitrogens with one attached hydrogen (secondary N) is 1. The van der Waals surface area contributed by atoms with Gasteiger partial charge in [-0.2, -0.15) is 0 Å². The van der Waals surface area contributed by atoms with Crippen molar-refractivity contribution in [3.63, 3.8) is 0 Å². The van der Waals surface area contributed by atoms with Crippen molar-refractivity contribution in [1.82, 2.24) is 5.32 Å². The molecule has 3 rings (SSSR count). The molecule has 0 aliphatic rings. The zero-order valence-corrected chi connectivity index (χ0v) is 17.8. The molecule has 0 radical (unpaired) electrons. The first-order valence-corrected chi connectivity index (χ1v) is 10.8. The van der Waals surface area contributed by atoms with Crippen molar-refractivity contribution in [1.29, 1.82) is 0 Å². The van der Waals surface area contributed by atoms with Crippen molar-refractivity contribution >= 4 is 21.9 Å². The lowest BCUT2D eigenvalue weighted by atomic mass is 10.1. The van der Waals surface area contributed by atoms with Crippen LogP contribution in [0.1, 0.15) is 39.5 Å². The summed E-state index contributed by atoms with van der Waals surface area (Å²) in [6.07, 6.45) is 3.42. The first-order chi connectivity index (χ1) is 14.6. The largest absolute Gasteiger partial charge is 0.493 e. The van der Waals surface area contributed by atoms with E-state index in [-0.39, 0.29) is 12.0 Å². The molecule has 0 aliphatic carbocycles. The molecule has 3 aromatic rings. The van der Waals surface area contributed by atoms with Crippen LogP contribution in [0.2, 0.25) is 0 Å². The van der Waals surface area contributed by atoms with E-state index in [0.29, 0.717) is 46.6 Å². The highest BCUT2D eigenvalue weighted by Gasteiger charge is 2.16.